The van der Waals surface area contributed by atoms with Gasteiger partial charge in [0.25, 0.3) is 0 Å². The lowest BCUT2D eigenvalue weighted by Crippen LogP contribution is -2.19. The van der Waals surface area contributed by atoms with Gasteiger partial charge in [-0.05, 0) is 55.4 Å². The van der Waals surface area contributed by atoms with Gasteiger partial charge < -0.3 is 9.84 Å². The first-order valence-electron chi connectivity index (χ1n) is 6.12. The van der Waals surface area contributed by atoms with Crippen LogP contribution in [0, 0.1) is 0 Å². The standard InChI is InChI=1S/C15H20O2/c1-10(2)15(16)7-4-11-8-12-9-13(17-3)5-6-14(11)12/h5-6,9,11,15-16H,1,4,7-8H2,2-3H3. The summed E-state index contributed by atoms with van der Waals surface area (Å²) in [5, 5.41) is 9.71. The van der Waals surface area contributed by atoms with Crippen LogP contribution in [0.4, 0.5) is 0 Å². The molecule has 2 atom stereocenters. The van der Waals surface area contributed by atoms with Crippen LogP contribution in [-0.4, -0.2) is 18.3 Å². The number of aliphatic hydroxyl groups is 1. The first-order chi connectivity index (χ1) is 8.11. The Balaban J connectivity index is 1.92. The van der Waals surface area contributed by atoms with Gasteiger partial charge in [-0.1, -0.05) is 18.2 Å². The Labute approximate surface area is 103 Å². The highest BCUT2D eigenvalue weighted by atomic mass is 16.5. The van der Waals surface area contributed by atoms with Gasteiger partial charge in [-0.15, -0.1) is 0 Å². The third kappa shape index (κ3) is 2.52. The van der Waals surface area contributed by atoms with Crippen molar-refractivity contribution in [2.24, 2.45) is 0 Å². The third-order valence-corrected chi connectivity index (χ3v) is 3.61. The average Bonchev–Trinajstić information content (AvgIpc) is 2.29. The van der Waals surface area contributed by atoms with E-state index in [0.29, 0.717) is 5.92 Å². The number of ether oxygens (including phenoxy) is 1. The van der Waals surface area contributed by atoms with Gasteiger partial charge in [-0.25, -0.2) is 0 Å². The van der Waals surface area contributed by atoms with Crippen molar-refractivity contribution in [1.29, 1.82) is 0 Å². The van der Waals surface area contributed by atoms with Gasteiger partial charge in [-0.3, -0.25) is 0 Å². The van der Waals surface area contributed by atoms with Crippen LogP contribution in [0.3, 0.4) is 0 Å². The predicted molar refractivity (Wildman–Crippen MR) is 69.5 cm³/mol. The molecule has 1 aliphatic rings. The summed E-state index contributed by atoms with van der Waals surface area (Å²) in [4.78, 5) is 0. The molecule has 1 N–H and O–H groups in total. The van der Waals surface area contributed by atoms with Crippen molar-refractivity contribution in [3.8, 4) is 5.75 Å². The second-order valence-electron chi connectivity index (χ2n) is 4.91. The summed E-state index contributed by atoms with van der Waals surface area (Å²) in [6.45, 7) is 5.66. The molecule has 2 rings (SSSR count). The van der Waals surface area contributed by atoms with Gasteiger partial charge in [-0.2, -0.15) is 0 Å². The Morgan fingerprint density at radius 1 is 1.59 bits per heavy atom. The van der Waals surface area contributed by atoms with E-state index in [2.05, 4.69) is 18.7 Å². The molecule has 0 heterocycles. The van der Waals surface area contributed by atoms with Crippen LogP contribution >= 0.6 is 0 Å². The molecule has 2 nitrogen and oxygen atoms in total. The number of aliphatic hydroxyl groups excluding tert-OH is 1. The molecule has 92 valence electrons. The van der Waals surface area contributed by atoms with E-state index < -0.39 is 0 Å². The highest BCUT2D eigenvalue weighted by Crippen LogP contribution is 2.40. The highest BCUT2D eigenvalue weighted by Gasteiger charge is 2.26. The van der Waals surface area contributed by atoms with Gasteiger partial charge >= 0.3 is 0 Å². The Morgan fingerprint density at radius 3 is 2.94 bits per heavy atom. The zero-order chi connectivity index (χ0) is 12.4. The Hall–Kier alpha value is -1.28. The normalized spacial score (nSPS) is 19.1. The van der Waals surface area contributed by atoms with E-state index >= 15 is 0 Å². The fourth-order valence-corrected chi connectivity index (χ4v) is 2.39. The molecule has 2 unspecified atom stereocenters. The zero-order valence-electron chi connectivity index (χ0n) is 10.6. The average molecular weight is 232 g/mol. The Kier molecular flexibility index (Phi) is 3.53. The van der Waals surface area contributed by atoms with Crippen molar-refractivity contribution in [1.82, 2.24) is 0 Å². The third-order valence-electron chi connectivity index (χ3n) is 3.61. The number of rotatable bonds is 5. The topological polar surface area (TPSA) is 29.5 Å². The first-order valence-corrected chi connectivity index (χ1v) is 6.12. The molecule has 0 amide bonds. The summed E-state index contributed by atoms with van der Waals surface area (Å²) in [7, 11) is 1.70. The van der Waals surface area contributed by atoms with Crippen LogP contribution in [0.15, 0.2) is 30.4 Å². The predicted octanol–water partition coefficient (Wildman–Crippen LogP) is 3.05. The van der Waals surface area contributed by atoms with Crippen LogP contribution in [0.2, 0.25) is 0 Å². The first kappa shape index (κ1) is 12.2. The smallest absolute Gasteiger partial charge is 0.119 e. The molecule has 1 aromatic carbocycles. The van der Waals surface area contributed by atoms with E-state index in [0.717, 1.165) is 30.6 Å². The Morgan fingerprint density at radius 2 is 2.35 bits per heavy atom. The van der Waals surface area contributed by atoms with Crippen LogP contribution in [0.5, 0.6) is 5.75 Å². The molecule has 0 saturated heterocycles. The summed E-state index contributed by atoms with van der Waals surface area (Å²) in [6.07, 6.45) is 2.60. The maximum Gasteiger partial charge on any atom is 0.119 e. The lowest BCUT2D eigenvalue weighted by Gasteiger charge is -2.31. The zero-order valence-corrected chi connectivity index (χ0v) is 10.6. The molecule has 0 fully saturated rings. The largest absolute Gasteiger partial charge is 0.497 e. The summed E-state index contributed by atoms with van der Waals surface area (Å²) in [5.41, 5.74) is 3.66. The van der Waals surface area contributed by atoms with E-state index in [1.807, 2.05) is 13.0 Å². The van der Waals surface area contributed by atoms with Crippen LogP contribution in [0.25, 0.3) is 0 Å². The molecule has 0 radical (unpaired) electrons. The number of fused-ring (bicyclic) bond motifs is 1. The fraction of sp³-hybridized carbons (Fsp3) is 0.467. The number of benzene rings is 1. The number of hydrogen-bond donors (Lipinski definition) is 1. The van der Waals surface area contributed by atoms with E-state index in [1.165, 1.54) is 11.1 Å². The monoisotopic (exact) mass is 232 g/mol. The molecule has 0 spiro atoms. The number of hydrogen-bond acceptors (Lipinski definition) is 2. The van der Waals surface area contributed by atoms with Gasteiger partial charge in [0.2, 0.25) is 0 Å². The second-order valence-corrected chi connectivity index (χ2v) is 4.91. The molecule has 1 aliphatic carbocycles. The van der Waals surface area contributed by atoms with E-state index in [1.54, 1.807) is 7.11 Å². The number of methoxy groups -OCH3 is 1. The van der Waals surface area contributed by atoms with Crippen LogP contribution < -0.4 is 4.74 Å². The molecule has 17 heavy (non-hydrogen) atoms. The maximum absolute atomic E-state index is 9.71. The summed E-state index contributed by atoms with van der Waals surface area (Å²) in [6, 6.07) is 6.27. The van der Waals surface area contributed by atoms with E-state index in [9.17, 15) is 5.11 Å². The quantitative estimate of drug-likeness (QED) is 0.791. The molecule has 1 aromatic rings. The van der Waals surface area contributed by atoms with Gasteiger partial charge in [0, 0.05) is 0 Å². The molecule has 0 saturated carbocycles. The molecule has 2 heteroatoms. The van der Waals surface area contributed by atoms with E-state index in [4.69, 9.17) is 4.74 Å². The minimum Gasteiger partial charge on any atom is -0.497 e. The lowest BCUT2D eigenvalue weighted by atomic mass is 9.74. The Bertz CT molecular complexity index is 423. The van der Waals surface area contributed by atoms with Crippen molar-refractivity contribution < 1.29 is 9.84 Å². The van der Waals surface area contributed by atoms with Crippen molar-refractivity contribution >= 4 is 0 Å². The van der Waals surface area contributed by atoms with Gasteiger partial charge in [0.15, 0.2) is 0 Å². The van der Waals surface area contributed by atoms with Crippen molar-refractivity contribution in [2.45, 2.75) is 38.2 Å². The SMILES string of the molecule is C=C(C)C(O)CCC1Cc2cc(OC)ccc21. The van der Waals surface area contributed by atoms with Gasteiger partial charge in [0.1, 0.15) is 5.75 Å². The van der Waals surface area contributed by atoms with E-state index in [-0.39, 0.29) is 6.10 Å². The molecular weight excluding hydrogens is 212 g/mol. The summed E-state index contributed by atoms with van der Waals surface area (Å²) < 4.78 is 5.20. The second kappa shape index (κ2) is 4.92. The molecule has 0 bridgehead atoms. The summed E-state index contributed by atoms with van der Waals surface area (Å²) >= 11 is 0. The minimum absolute atomic E-state index is 0.350. The van der Waals surface area contributed by atoms with Crippen molar-refractivity contribution in [3.05, 3.63) is 41.5 Å². The van der Waals surface area contributed by atoms with Crippen LogP contribution in [0.1, 0.15) is 36.8 Å². The molecule has 0 aromatic heterocycles. The summed E-state index contributed by atoms with van der Waals surface area (Å²) in [5.74, 6) is 1.54. The van der Waals surface area contributed by atoms with Gasteiger partial charge in [0.05, 0.1) is 13.2 Å². The van der Waals surface area contributed by atoms with Crippen molar-refractivity contribution in [2.75, 3.05) is 7.11 Å². The lowest BCUT2D eigenvalue weighted by molar-refractivity contribution is 0.192. The molecular formula is C15H20O2. The van der Waals surface area contributed by atoms with Crippen LogP contribution in [-0.2, 0) is 6.42 Å². The maximum atomic E-state index is 9.71. The molecule has 0 aliphatic heterocycles. The fourth-order valence-electron chi connectivity index (χ4n) is 2.39. The highest BCUT2D eigenvalue weighted by molar-refractivity contribution is 5.44. The minimum atomic E-state index is -0.350. The van der Waals surface area contributed by atoms with Crippen molar-refractivity contribution in [3.63, 3.8) is 0 Å².